The minimum atomic E-state index is -3.11. The number of nitrogens with zero attached hydrogens (tertiary/aromatic N) is 2. The molecule has 1 N–H and O–H groups in total. The molecule has 1 aliphatic carbocycles. The van der Waals surface area contributed by atoms with Gasteiger partial charge in [0.25, 0.3) is 0 Å². The predicted molar refractivity (Wildman–Crippen MR) is 71.3 cm³/mol. The normalized spacial score (nSPS) is 24.1. The van der Waals surface area contributed by atoms with Crippen molar-refractivity contribution >= 4 is 10.0 Å². The third-order valence-corrected chi connectivity index (χ3v) is 4.67. The van der Waals surface area contributed by atoms with Gasteiger partial charge in [-0.1, -0.05) is 0 Å². The molecular formula is C12H19N3O3S. The molecule has 0 atom stereocenters. The third kappa shape index (κ3) is 4.43. The zero-order chi connectivity index (χ0) is 13.7. The standard InChI is InChI=1S/C12H19N3O3S/c1-2-19(16,17)15-10-4-6-11(7-5-10)18-12-13-8-3-9-14-12/h3,8-11,15H,2,4-7H2,1H3. The highest BCUT2D eigenvalue weighted by atomic mass is 32.2. The van der Waals surface area contributed by atoms with Crippen LogP contribution in [-0.4, -0.2) is 36.3 Å². The van der Waals surface area contributed by atoms with E-state index in [2.05, 4.69) is 14.7 Å². The minimum absolute atomic E-state index is 0.0292. The largest absolute Gasteiger partial charge is 0.460 e. The van der Waals surface area contributed by atoms with E-state index >= 15 is 0 Å². The second-order valence-electron chi connectivity index (χ2n) is 4.64. The summed E-state index contributed by atoms with van der Waals surface area (Å²) < 4.78 is 31.3. The Morgan fingerprint density at radius 1 is 1.26 bits per heavy atom. The molecule has 0 amide bonds. The lowest BCUT2D eigenvalue weighted by Gasteiger charge is -2.28. The van der Waals surface area contributed by atoms with Gasteiger partial charge in [-0.25, -0.2) is 23.1 Å². The third-order valence-electron chi connectivity index (χ3n) is 3.21. The van der Waals surface area contributed by atoms with Crippen molar-refractivity contribution in [2.45, 2.75) is 44.8 Å². The molecule has 0 bridgehead atoms. The summed E-state index contributed by atoms with van der Waals surface area (Å²) >= 11 is 0. The Hall–Kier alpha value is -1.21. The van der Waals surface area contributed by atoms with Crippen LogP contribution >= 0.6 is 0 Å². The SMILES string of the molecule is CCS(=O)(=O)NC1CCC(Oc2ncccn2)CC1. The van der Waals surface area contributed by atoms with E-state index in [4.69, 9.17) is 4.74 Å². The first-order valence-corrected chi connectivity index (χ1v) is 8.18. The number of rotatable bonds is 5. The van der Waals surface area contributed by atoms with Gasteiger partial charge in [-0.15, -0.1) is 0 Å². The lowest BCUT2D eigenvalue weighted by Crippen LogP contribution is -2.40. The Labute approximate surface area is 113 Å². The van der Waals surface area contributed by atoms with Gasteiger partial charge in [0.05, 0.1) is 5.75 Å². The molecule has 0 radical (unpaired) electrons. The van der Waals surface area contributed by atoms with Crippen molar-refractivity contribution in [3.8, 4) is 6.01 Å². The van der Waals surface area contributed by atoms with Gasteiger partial charge in [-0.2, -0.15) is 0 Å². The van der Waals surface area contributed by atoms with E-state index in [1.165, 1.54) is 0 Å². The lowest BCUT2D eigenvalue weighted by atomic mass is 9.94. The molecular weight excluding hydrogens is 266 g/mol. The van der Waals surface area contributed by atoms with Gasteiger partial charge in [-0.3, -0.25) is 0 Å². The van der Waals surface area contributed by atoms with E-state index in [0.29, 0.717) is 6.01 Å². The molecule has 19 heavy (non-hydrogen) atoms. The van der Waals surface area contributed by atoms with Crippen molar-refractivity contribution in [2.75, 3.05) is 5.75 Å². The van der Waals surface area contributed by atoms with Crippen LogP contribution in [0.2, 0.25) is 0 Å². The highest BCUT2D eigenvalue weighted by Gasteiger charge is 2.25. The highest BCUT2D eigenvalue weighted by molar-refractivity contribution is 7.89. The molecule has 0 saturated heterocycles. The maximum atomic E-state index is 11.5. The molecule has 1 fully saturated rings. The van der Waals surface area contributed by atoms with Crippen molar-refractivity contribution < 1.29 is 13.2 Å². The van der Waals surface area contributed by atoms with E-state index in [0.717, 1.165) is 25.7 Å². The van der Waals surface area contributed by atoms with E-state index in [1.807, 2.05) is 0 Å². The summed E-state index contributed by atoms with van der Waals surface area (Å²) in [6.07, 6.45) is 6.56. The summed E-state index contributed by atoms with van der Waals surface area (Å²) in [5, 5.41) is 0. The van der Waals surface area contributed by atoms with E-state index in [1.54, 1.807) is 25.4 Å². The van der Waals surface area contributed by atoms with Crippen molar-refractivity contribution in [1.82, 2.24) is 14.7 Å². The van der Waals surface area contributed by atoms with Crippen LogP contribution in [0.4, 0.5) is 0 Å². The molecule has 7 heteroatoms. The summed E-state index contributed by atoms with van der Waals surface area (Å²) in [5.41, 5.74) is 0. The molecule has 0 unspecified atom stereocenters. The number of ether oxygens (including phenoxy) is 1. The fraction of sp³-hybridized carbons (Fsp3) is 0.667. The van der Waals surface area contributed by atoms with Gasteiger partial charge in [0.15, 0.2) is 0 Å². The molecule has 0 spiro atoms. The fourth-order valence-corrected chi connectivity index (χ4v) is 3.04. The summed E-state index contributed by atoms with van der Waals surface area (Å²) in [4.78, 5) is 8.04. The minimum Gasteiger partial charge on any atom is -0.460 e. The average molecular weight is 285 g/mol. The Morgan fingerprint density at radius 3 is 2.47 bits per heavy atom. The smallest absolute Gasteiger partial charge is 0.316 e. The molecule has 1 aromatic heterocycles. The predicted octanol–water partition coefficient (Wildman–Crippen LogP) is 1.11. The van der Waals surface area contributed by atoms with Crippen LogP contribution in [0.15, 0.2) is 18.5 Å². The summed E-state index contributed by atoms with van der Waals surface area (Å²) in [5.74, 6) is 0.126. The van der Waals surface area contributed by atoms with Crippen LogP contribution in [0.5, 0.6) is 6.01 Å². The topological polar surface area (TPSA) is 81.2 Å². The molecule has 6 nitrogen and oxygen atoms in total. The Morgan fingerprint density at radius 2 is 1.89 bits per heavy atom. The number of nitrogens with one attached hydrogen (secondary N) is 1. The molecule has 106 valence electrons. The first kappa shape index (κ1) is 14.2. The van der Waals surface area contributed by atoms with Crippen LogP contribution in [0.3, 0.4) is 0 Å². The van der Waals surface area contributed by atoms with Crippen molar-refractivity contribution in [2.24, 2.45) is 0 Å². The number of hydrogen-bond donors (Lipinski definition) is 1. The fourth-order valence-electron chi connectivity index (χ4n) is 2.13. The maximum absolute atomic E-state index is 11.5. The number of aromatic nitrogens is 2. The molecule has 1 heterocycles. The van der Waals surface area contributed by atoms with Gasteiger partial charge in [0, 0.05) is 18.4 Å². The summed E-state index contributed by atoms with van der Waals surface area (Å²) in [6, 6.07) is 2.16. The van der Waals surface area contributed by atoms with Crippen LogP contribution in [0.1, 0.15) is 32.6 Å². The molecule has 0 aromatic carbocycles. The first-order valence-electron chi connectivity index (χ1n) is 6.53. The second-order valence-corrected chi connectivity index (χ2v) is 6.69. The van der Waals surface area contributed by atoms with Crippen LogP contribution in [0, 0.1) is 0 Å². The van der Waals surface area contributed by atoms with Gasteiger partial charge < -0.3 is 4.74 Å². The zero-order valence-corrected chi connectivity index (χ0v) is 11.8. The van der Waals surface area contributed by atoms with Gasteiger partial charge in [0.2, 0.25) is 10.0 Å². The Balaban J connectivity index is 1.80. The Bertz CT molecular complexity index is 484. The highest BCUT2D eigenvalue weighted by Crippen LogP contribution is 2.22. The van der Waals surface area contributed by atoms with Crippen LogP contribution < -0.4 is 9.46 Å². The second kappa shape index (κ2) is 6.29. The number of hydrogen-bond acceptors (Lipinski definition) is 5. The first-order chi connectivity index (χ1) is 9.09. The van der Waals surface area contributed by atoms with Crippen molar-refractivity contribution in [1.29, 1.82) is 0 Å². The molecule has 2 rings (SSSR count). The van der Waals surface area contributed by atoms with Gasteiger partial charge in [-0.05, 0) is 38.7 Å². The monoisotopic (exact) mass is 285 g/mol. The maximum Gasteiger partial charge on any atom is 0.316 e. The molecule has 0 aliphatic heterocycles. The Kier molecular flexibility index (Phi) is 4.71. The van der Waals surface area contributed by atoms with Gasteiger partial charge >= 0.3 is 6.01 Å². The van der Waals surface area contributed by atoms with Crippen LogP contribution in [0.25, 0.3) is 0 Å². The molecule has 1 saturated carbocycles. The van der Waals surface area contributed by atoms with E-state index in [9.17, 15) is 8.42 Å². The molecule has 1 aromatic rings. The molecule has 1 aliphatic rings. The quantitative estimate of drug-likeness (QED) is 0.876. The number of sulfonamides is 1. The van der Waals surface area contributed by atoms with E-state index < -0.39 is 10.0 Å². The average Bonchev–Trinajstić information content (AvgIpc) is 2.42. The van der Waals surface area contributed by atoms with Gasteiger partial charge in [0.1, 0.15) is 6.10 Å². The van der Waals surface area contributed by atoms with Crippen LogP contribution in [-0.2, 0) is 10.0 Å². The van der Waals surface area contributed by atoms with Crippen molar-refractivity contribution in [3.63, 3.8) is 0 Å². The lowest BCUT2D eigenvalue weighted by molar-refractivity contribution is 0.132. The van der Waals surface area contributed by atoms with Crippen molar-refractivity contribution in [3.05, 3.63) is 18.5 Å². The summed E-state index contributed by atoms with van der Waals surface area (Å²) in [6.45, 7) is 1.64. The van der Waals surface area contributed by atoms with E-state index in [-0.39, 0.29) is 17.9 Å². The summed E-state index contributed by atoms with van der Waals surface area (Å²) in [7, 11) is -3.11. The zero-order valence-electron chi connectivity index (χ0n) is 10.9.